The number of hydrogen-bond donors (Lipinski definition) is 2. The fourth-order valence-corrected chi connectivity index (χ4v) is 1.62. The van der Waals surface area contributed by atoms with E-state index in [0.717, 1.165) is 12.1 Å². The van der Waals surface area contributed by atoms with Crippen molar-refractivity contribution < 1.29 is 18.3 Å². The van der Waals surface area contributed by atoms with Crippen LogP contribution in [0.3, 0.4) is 0 Å². The molecule has 7 heteroatoms. The van der Waals surface area contributed by atoms with Crippen LogP contribution in [0, 0.1) is 11.6 Å². The van der Waals surface area contributed by atoms with Gasteiger partial charge >= 0.3 is 0 Å². The summed E-state index contributed by atoms with van der Waals surface area (Å²) in [6.07, 6.45) is 0. The van der Waals surface area contributed by atoms with Crippen molar-refractivity contribution in [1.82, 2.24) is 10.6 Å². The maximum atomic E-state index is 13.0. The Morgan fingerprint density at radius 3 is 2.71 bits per heavy atom. The first kappa shape index (κ1) is 17.2. The van der Waals surface area contributed by atoms with E-state index in [2.05, 4.69) is 15.6 Å². The van der Waals surface area contributed by atoms with Gasteiger partial charge in [0.25, 0.3) is 0 Å². The van der Waals surface area contributed by atoms with Crippen LogP contribution in [0.5, 0.6) is 5.75 Å². The molecule has 1 aromatic carbocycles. The van der Waals surface area contributed by atoms with Crippen molar-refractivity contribution in [2.75, 3.05) is 33.9 Å². The highest BCUT2D eigenvalue weighted by atomic mass is 19.2. The van der Waals surface area contributed by atoms with Crippen LogP contribution >= 0.6 is 0 Å². The predicted molar refractivity (Wildman–Crippen MR) is 77.7 cm³/mol. The number of nitrogens with one attached hydrogen (secondary N) is 2. The van der Waals surface area contributed by atoms with Gasteiger partial charge in [0, 0.05) is 26.3 Å². The van der Waals surface area contributed by atoms with Gasteiger partial charge in [-0.25, -0.2) is 8.78 Å². The lowest BCUT2D eigenvalue weighted by atomic mass is 10.3. The normalized spacial score (nSPS) is 12.9. The van der Waals surface area contributed by atoms with Crippen LogP contribution in [0.25, 0.3) is 0 Å². The molecule has 2 N–H and O–H groups in total. The van der Waals surface area contributed by atoms with Crippen LogP contribution in [0.2, 0.25) is 0 Å². The zero-order chi connectivity index (χ0) is 15.7. The molecule has 0 aliphatic rings. The average molecular weight is 301 g/mol. The average Bonchev–Trinajstić information content (AvgIpc) is 2.46. The number of ether oxygens (including phenoxy) is 2. The van der Waals surface area contributed by atoms with Gasteiger partial charge in [0.05, 0.1) is 13.2 Å². The van der Waals surface area contributed by atoms with E-state index in [1.807, 2.05) is 6.92 Å². The van der Waals surface area contributed by atoms with E-state index in [4.69, 9.17) is 9.47 Å². The summed E-state index contributed by atoms with van der Waals surface area (Å²) >= 11 is 0. The SMILES string of the molecule is CN=C(NCCOc1ccc(F)c(F)c1)NC(C)COC. The molecule has 0 bridgehead atoms. The molecular weight excluding hydrogens is 280 g/mol. The van der Waals surface area contributed by atoms with Gasteiger partial charge in [-0.05, 0) is 19.1 Å². The Hall–Kier alpha value is -1.89. The summed E-state index contributed by atoms with van der Waals surface area (Å²) in [5, 5.41) is 6.18. The molecule has 0 spiro atoms. The lowest BCUT2D eigenvalue weighted by Crippen LogP contribution is -2.45. The van der Waals surface area contributed by atoms with E-state index in [1.165, 1.54) is 6.07 Å². The molecule has 0 amide bonds. The molecule has 118 valence electrons. The maximum Gasteiger partial charge on any atom is 0.191 e. The highest BCUT2D eigenvalue weighted by molar-refractivity contribution is 5.79. The van der Waals surface area contributed by atoms with Crippen molar-refractivity contribution in [1.29, 1.82) is 0 Å². The molecule has 1 unspecified atom stereocenters. The van der Waals surface area contributed by atoms with E-state index in [9.17, 15) is 8.78 Å². The molecule has 0 heterocycles. The number of guanidine groups is 1. The fraction of sp³-hybridized carbons (Fsp3) is 0.500. The largest absolute Gasteiger partial charge is 0.492 e. The Morgan fingerprint density at radius 1 is 1.33 bits per heavy atom. The van der Waals surface area contributed by atoms with E-state index in [0.29, 0.717) is 25.7 Å². The van der Waals surface area contributed by atoms with E-state index >= 15 is 0 Å². The second-order valence-corrected chi connectivity index (χ2v) is 4.42. The first-order chi connectivity index (χ1) is 10.1. The van der Waals surface area contributed by atoms with Crippen LogP contribution in [-0.4, -0.2) is 45.9 Å². The number of methoxy groups -OCH3 is 1. The second kappa shape index (κ2) is 9.12. The summed E-state index contributed by atoms with van der Waals surface area (Å²) in [6, 6.07) is 3.55. The molecule has 5 nitrogen and oxygen atoms in total. The summed E-state index contributed by atoms with van der Waals surface area (Å²) in [6.45, 7) is 3.29. The standard InChI is InChI=1S/C14H21F2N3O2/c1-10(9-20-3)19-14(17-2)18-6-7-21-11-4-5-12(15)13(16)8-11/h4-5,8,10H,6-7,9H2,1-3H3,(H2,17,18,19). The molecule has 1 atom stereocenters. The highest BCUT2D eigenvalue weighted by Gasteiger charge is 2.05. The van der Waals surface area contributed by atoms with Crippen molar-refractivity contribution >= 4 is 5.96 Å². The lowest BCUT2D eigenvalue weighted by molar-refractivity contribution is 0.179. The lowest BCUT2D eigenvalue weighted by Gasteiger charge is -2.17. The van der Waals surface area contributed by atoms with E-state index < -0.39 is 11.6 Å². The molecule has 0 radical (unpaired) electrons. The Morgan fingerprint density at radius 2 is 2.10 bits per heavy atom. The Labute approximate surface area is 123 Å². The van der Waals surface area contributed by atoms with Gasteiger partial charge < -0.3 is 20.1 Å². The van der Waals surface area contributed by atoms with Crippen LogP contribution < -0.4 is 15.4 Å². The van der Waals surface area contributed by atoms with Crippen molar-refractivity contribution in [2.45, 2.75) is 13.0 Å². The van der Waals surface area contributed by atoms with Crippen LogP contribution in [0.4, 0.5) is 8.78 Å². The third-order valence-corrected chi connectivity index (χ3v) is 2.58. The molecule has 0 aliphatic carbocycles. The van der Waals surface area contributed by atoms with Crippen molar-refractivity contribution in [2.24, 2.45) is 4.99 Å². The fourth-order valence-electron chi connectivity index (χ4n) is 1.62. The number of nitrogens with zero attached hydrogens (tertiary/aromatic N) is 1. The first-order valence-corrected chi connectivity index (χ1v) is 6.60. The number of benzene rings is 1. The first-order valence-electron chi connectivity index (χ1n) is 6.60. The number of aliphatic imine (C=N–C) groups is 1. The highest BCUT2D eigenvalue weighted by Crippen LogP contribution is 2.14. The number of halogens is 2. The number of rotatable bonds is 7. The molecule has 0 saturated carbocycles. The predicted octanol–water partition coefficient (Wildman–Crippen LogP) is 1.54. The Balaban J connectivity index is 2.30. The Bertz CT molecular complexity index is 470. The minimum absolute atomic E-state index is 0.119. The second-order valence-electron chi connectivity index (χ2n) is 4.42. The molecule has 21 heavy (non-hydrogen) atoms. The summed E-state index contributed by atoms with van der Waals surface area (Å²) in [7, 11) is 3.29. The van der Waals surface area contributed by atoms with E-state index in [1.54, 1.807) is 14.2 Å². The zero-order valence-electron chi connectivity index (χ0n) is 12.5. The van der Waals surface area contributed by atoms with Gasteiger partial charge in [-0.1, -0.05) is 0 Å². The summed E-state index contributed by atoms with van der Waals surface area (Å²) in [5.41, 5.74) is 0. The third-order valence-electron chi connectivity index (χ3n) is 2.58. The molecule has 0 aliphatic heterocycles. The Kier molecular flexibility index (Phi) is 7.45. The molecule has 1 rings (SSSR count). The minimum Gasteiger partial charge on any atom is -0.492 e. The van der Waals surface area contributed by atoms with Crippen molar-refractivity contribution in [3.63, 3.8) is 0 Å². The monoisotopic (exact) mass is 301 g/mol. The van der Waals surface area contributed by atoms with Gasteiger partial charge in [-0.15, -0.1) is 0 Å². The summed E-state index contributed by atoms with van der Waals surface area (Å²) < 4.78 is 36.1. The van der Waals surface area contributed by atoms with Gasteiger partial charge in [-0.3, -0.25) is 4.99 Å². The molecule has 0 saturated heterocycles. The smallest absolute Gasteiger partial charge is 0.191 e. The van der Waals surface area contributed by atoms with Gasteiger partial charge in [0.2, 0.25) is 0 Å². The number of hydrogen-bond acceptors (Lipinski definition) is 3. The van der Waals surface area contributed by atoms with Gasteiger partial charge in [-0.2, -0.15) is 0 Å². The van der Waals surface area contributed by atoms with Crippen LogP contribution in [0.1, 0.15) is 6.92 Å². The topological polar surface area (TPSA) is 54.9 Å². The molecule has 1 aromatic rings. The minimum atomic E-state index is -0.925. The van der Waals surface area contributed by atoms with Crippen molar-refractivity contribution in [3.05, 3.63) is 29.8 Å². The third kappa shape index (κ3) is 6.40. The summed E-state index contributed by atoms with van der Waals surface area (Å²) in [5.74, 6) is -0.914. The van der Waals surface area contributed by atoms with Crippen molar-refractivity contribution in [3.8, 4) is 5.75 Å². The van der Waals surface area contributed by atoms with Gasteiger partial charge in [0.1, 0.15) is 12.4 Å². The van der Waals surface area contributed by atoms with Crippen LogP contribution in [0.15, 0.2) is 23.2 Å². The molecular formula is C14H21F2N3O2. The summed E-state index contributed by atoms with van der Waals surface area (Å²) in [4.78, 5) is 4.05. The molecule has 0 aromatic heterocycles. The maximum absolute atomic E-state index is 13.0. The van der Waals surface area contributed by atoms with Crippen LogP contribution in [-0.2, 0) is 4.74 Å². The quantitative estimate of drug-likeness (QED) is 0.456. The molecule has 0 fully saturated rings. The zero-order valence-corrected chi connectivity index (χ0v) is 12.5. The van der Waals surface area contributed by atoms with Gasteiger partial charge in [0.15, 0.2) is 17.6 Å². The van der Waals surface area contributed by atoms with E-state index in [-0.39, 0.29) is 11.8 Å².